The lowest BCUT2D eigenvalue weighted by Gasteiger charge is -2.53. The molecule has 0 heteroatoms. The van der Waals surface area contributed by atoms with Crippen molar-refractivity contribution in [3.05, 3.63) is 0 Å². The van der Waals surface area contributed by atoms with Gasteiger partial charge in [-0.1, -0.05) is 403 Å². The summed E-state index contributed by atoms with van der Waals surface area (Å²) in [5, 5.41) is 0. The molecule has 12 aliphatic rings. The number of hydrogen-bond acceptors (Lipinski definition) is 0. The highest BCUT2D eigenvalue weighted by molar-refractivity contribution is 5.01. The van der Waals surface area contributed by atoms with Gasteiger partial charge in [-0.05, 0) is 262 Å². The van der Waals surface area contributed by atoms with Crippen molar-refractivity contribution in [1.82, 2.24) is 0 Å². The molecule has 12 rings (SSSR count). The highest BCUT2D eigenvalue weighted by atomic mass is 14.6. The van der Waals surface area contributed by atoms with E-state index in [4.69, 9.17) is 0 Å². The second kappa shape index (κ2) is 38.0. The van der Waals surface area contributed by atoms with Gasteiger partial charge in [-0.15, -0.1) is 0 Å². The first kappa shape index (κ1) is 98.2. The number of hydrogen-bond donors (Lipinski definition) is 0. The fraction of sp³-hybridized carbons (Fsp3) is 1.00. The van der Waals surface area contributed by atoms with Gasteiger partial charge in [0.1, 0.15) is 0 Å². The molecular weight excluding hydrogens is 1250 g/mol. The third-order valence-corrected chi connectivity index (χ3v) is 39.8. The zero-order chi connectivity index (χ0) is 79.9. The smallest absolute Gasteiger partial charge is 0.0272 e. The minimum atomic E-state index is 0.575. The zero-order valence-electron chi connectivity index (χ0n) is 79.9. The molecule has 0 spiro atoms. The SMILES string of the molecule is CC1(C)CCCC1(C)C.CC1(C)CCCC1(C)C.CC1(C)CCCC1(C)C.CC1(C)CCCC1(C)C.CC1(C)CCCCC1(C)C.CC1(C)CCCCC1(C)C.CC1(C)CCCCC1(C)C.CC1(C2(C)CCCCC2)CCCCC1.CC12CCCCC1(C)CCCC2.CC[C@@]1(C)CCCC[C@@]1(C)CC. The first-order valence-electron chi connectivity index (χ1n) is 47.1. The summed E-state index contributed by atoms with van der Waals surface area (Å²) in [6.45, 7) is 87.1. The lowest BCUT2D eigenvalue weighted by molar-refractivity contribution is -0.0261. The van der Waals surface area contributed by atoms with E-state index in [2.05, 4.69) is 249 Å². The van der Waals surface area contributed by atoms with Crippen molar-refractivity contribution in [2.24, 2.45) is 108 Å². The Bertz CT molecular complexity index is 2010. The Kier molecular flexibility index (Phi) is 35.8. The zero-order valence-corrected chi connectivity index (χ0v) is 79.9. The minimum Gasteiger partial charge on any atom is -0.0648 e. The molecule has 2 atom stereocenters. The van der Waals surface area contributed by atoms with Crippen LogP contribution in [0.15, 0.2) is 0 Å². The van der Waals surface area contributed by atoms with Crippen LogP contribution in [-0.2, 0) is 0 Å². The van der Waals surface area contributed by atoms with E-state index in [9.17, 15) is 0 Å². The molecule has 0 amide bonds. The van der Waals surface area contributed by atoms with Gasteiger partial charge in [0.25, 0.3) is 0 Å². The van der Waals surface area contributed by atoms with E-state index >= 15 is 0 Å². The second-order valence-corrected chi connectivity index (χ2v) is 50.2. The lowest BCUT2D eigenvalue weighted by Crippen LogP contribution is -2.42. The summed E-state index contributed by atoms with van der Waals surface area (Å²) >= 11 is 0. The van der Waals surface area contributed by atoms with Crippen molar-refractivity contribution < 1.29 is 0 Å². The Hall–Kier alpha value is 0. The Balaban J connectivity index is 0.000000301. The van der Waals surface area contributed by atoms with Crippen LogP contribution in [0, 0.1) is 108 Å². The molecule has 0 aromatic rings. The predicted molar refractivity (Wildman–Crippen MR) is 475 cm³/mol. The molecular formula is C104H204. The van der Waals surface area contributed by atoms with Crippen LogP contribution >= 0.6 is 0 Å². The Morgan fingerprint density at radius 1 is 0.115 bits per heavy atom. The fourth-order valence-electron chi connectivity index (χ4n) is 22.3. The molecule has 0 aromatic carbocycles. The molecule has 104 heavy (non-hydrogen) atoms. The summed E-state index contributed by atoms with van der Waals surface area (Å²) in [7, 11) is 0. The Morgan fingerprint density at radius 3 is 0.317 bits per heavy atom. The van der Waals surface area contributed by atoms with Gasteiger partial charge in [0, 0.05) is 0 Å². The first-order chi connectivity index (χ1) is 47.1. The third-order valence-electron chi connectivity index (χ3n) is 39.8. The molecule has 12 fully saturated rings. The van der Waals surface area contributed by atoms with Gasteiger partial charge in [0.15, 0.2) is 0 Å². The van der Waals surface area contributed by atoms with Gasteiger partial charge in [-0.2, -0.15) is 0 Å². The van der Waals surface area contributed by atoms with Crippen LogP contribution in [0.3, 0.4) is 0 Å². The molecule has 0 saturated heterocycles. The van der Waals surface area contributed by atoms with E-state index in [0.29, 0.717) is 108 Å². The average molecular weight is 1450 g/mol. The maximum atomic E-state index is 2.58. The van der Waals surface area contributed by atoms with Gasteiger partial charge < -0.3 is 0 Å². The summed E-state index contributed by atoms with van der Waals surface area (Å²) in [6.07, 6.45) is 69.7. The van der Waals surface area contributed by atoms with Crippen molar-refractivity contribution in [3.63, 3.8) is 0 Å². The maximum Gasteiger partial charge on any atom is -0.0272 e. The number of rotatable bonds is 3. The topological polar surface area (TPSA) is 0 Å². The molecule has 0 aliphatic heterocycles. The molecule has 12 aliphatic carbocycles. The average Bonchev–Trinajstić information content (AvgIpc) is 1.29. The molecule has 12 saturated carbocycles. The van der Waals surface area contributed by atoms with Gasteiger partial charge in [-0.3, -0.25) is 0 Å². The number of fused-ring (bicyclic) bond motifs is 1. The van der Waals surface area contributed by atoms with Crippen molar-refractivity contribution in [1.29, 1.82) is 0 Å². The van der Waals surface area contributed by atoms with Crippen LogP contribution in [0.4, 0.5) is 0 Å². The molecule has 0 N–H and O–H groups in total. The Morgan fingerprint density at radius 2 is 0.212 bits per heavy atom. The minimum absolute atomic E-state index is 0.575. The van der Waals surface area contributed by atoms with E-state index in [1.807, 2.05) is 0 Å². The van der Waals surface area contributed by atoms with Crippen LogP contribution in [0.1, 0.15) is 557 Å². The molecule has 0 aromatic heterocycles. The normalized spacial score (nSPS) is 34.0. The highest BCUT2D eigenvalue weighted by Crippen LogP contribution is 2.61. The standard InChI is InChI=1S/C14H26.C12H22.C12H24.3C10H20.4C9H18/c1-13(9-5-3-6-10-13)14(2)11-7-4-8-12-14;1-11-7-3-5-9-12(11,2)10-6-4-8-11;1-5-11(3)9-7-8-10-12(11,4)6-2;3*1-9(2)7-5-6-8-10(9,3)4;4*1-8(2)6-5-7-9(8,3)4/h3-12H2,1-2H3;3-10H2,1-2H3;5-10H2,1-4H3;3*5-8H2,1-4H3;4*5-7H2,1-4H3/t;;11-,12+;;;;;;;. The maximum absolute atomic E-state index is 2.58. The first-order valence-corrected chi connectivity index (χ1v) is 47.1. The summed E-state index contributed by atoms with van der Waals surface area (Å²) in [6, 6.07) is 0. The van der Waals surface area contributed by atoms with E-state index in [0.717, 1.165) is 0 Å². The van der Waals surface area contributed by atoms with Crippen molar-refractivity contribution >= 4 is 0 Å². The van der Waals surface area contributed by atoms with Crippen LogP contribution < -0.4 is 0 Å². The quantitative estimate of drug-likeness (QED) is 0.264. The Labute approximate surface area is 661 Å². The van der Waals surface area contributed by atoms with Gasteiger partial charge in [0.05, 0.1) is 0 Å². The lowest BCUT2D eigenvalue weighted by atomic mass is 9.52. The second-order valence-electron chi connectivity index (χ2n) is 50.2. The van der Waals surface area contributed by atoms with Gasteiger partial charge in [0.2, 0.25) is 0 Å². The van der Waals surface area contributed by atoms with E-state index in [1.54, 1.807) is 0 Å². The van der Waals surface area contributed by atoms with Crippen molar-refractivity contribution in [2.75, 3.05) is 0 Å². The van der Waals surface area contributed by atoms with Crippen LogP contribution in [0.5, 0.6) is 0 Å². The molecule has 0 bridgehead atoms. The van der Waals surface area contributed by atoms with E-state index in [-0.39, 0.29) is 0 Å². The summed E-state index contributed by atoms with van der Waals surface area (Å²) in [4.78, 5) is 0. The summed E-state index contributed by atoms with van der Waals surface area (Å²) in [5.41, 5.74) is 12.2. The largest absolute Gasteiger partial charge is 0.0648 e. The summed E-state index contributed by atoms with van der Waals surface area (Å²) < 4.78 is 0. The van der Waals surface area contributed by atoms with Gasteiger partial charge in [-0.25, -0.2) is 0 Å². The van der Waals surface area contributed by atoms with Crippen molar-refractivity contribution in [2.45, 2.75) is 557 Å². The molecule has 0 radical (unpaired) electrons. The van der Waals surface area contributed by atoms with Crippen molar-refractivity contribution in [3.8, 4) is 0 Å². The van der Waals surface area contributed by atoms with Crippen LogP contribution in [0.2, 0.25) is 0 Å². The monoisotopic (exact) mass is 1450 g/mol. The third kappa shape index (κ3) is 25.5. The van der Waals surface area contributed by atoms with E-state index in [1.165, 1.54) is 308 Å². The summed E-state index contributed by atoms with van der Waals surface area (Å²) in [5.74, 6) is 0. The van der Waals surface area contributed by atoms with E-state index < -0.39 is 0 Å². The highest BCUT2D eigenvalue weighted by Gasteiger charge is 2.50. The van der Waals surface area contributed by atoms with Crippen LogP contribution in [0.25, 0.3) is 0 Å². The predicted octanol–water partition coefficient (Wildman–Crippen LogP) is 37.2. The molecule has 0 heterocycles. The molecule has 0 unspecified atom stereocenters. The molecule has 620 valence electrons. The molecule has 0 nitrogen and oxygen atoms in total. The fourth-order valence-corrected chi connectivity index (χ4v) is 22.3. The van der Waals surface area contributed by atoms with Gasteiger partial charge >= 0.3 is 0 Å². The van der Waals surface area contributed by atoms with Crippen LogP contribution in [-0.4, -0.2) is 0 Å².